The van der Waals surface area contributed by atoms with Gasteiger partial charge >= 0.3 is 0 Å². The standard InChI is InChI=1S/C21H19ClN2O3S/c1-15-6-8-16(9-7-15)14-23-21(25)19-4-2-3-5-20(19)24-28(26,27)18-12-10-17(22)11-13-18/h2-13,24H,14H2,1H3,(H,23,25). The van der Waals surface area contributed by atoms with Crippen LogP contribution in [0.15, 0.2) is 77.7 Å². The molecule has 2 N–H and O–H groups in total. The molecule has 0 aliphatic carbocycles. The van der Waals surface area contributed by atoms with E-state index < -0.39 is 10.0 Å². The van der Waals surface area contributed by atoms with Crippen LogP contribution in [0.1, 0.15) is 21.5 Å². The van der Waals surface area contributed by atoms with E-state index in [1.54, 1.807) is 24.3 Å². The first kappa shape index (κ1) is 19.9. The van der Waals surface area contributed by atoms with Crippen molar-refractivity contribution in [1.82, 2.24) is 5.32 Å². The van der Waals surface area contributed by atoms with Crippen molar-refractivity contribution >= 4 is 33.2 Å². The summed E-state index contributed by atoms with van der Waals surface area (Å²) in [5.74, 6) is -0.366. The lowest BCUT2D eigenvalue weighted by molar-refractivity contribution is 0.0952. The van der Waals surface area contributed by atoms with Gasteiger partial charge in [-0.1, -0.05) is 53.6 Å². The lowest BCUT2D eigenvalue weighted by Crippen LogP contribution is -2.25. The van der Waals surface area contributed by atoms with Crippen LogP contribution in [-0.2, 0) is 16.6 Å². The zero-order chi connectivity index (χ0) is 20.1. The number of hydrogen-bond acceptors (Lipinski definition) is 3. The molecule has 0 spiro atoms. The number of rotatable bonds is 6. The number of halogens is 1. The topological polar surface area (TPSA) is 75.3 Å². The summed E-state index contributed by atoms with van der Waals surface area (Å²) in [4.78, 5) is 12.7. The van der Waals surface area contributed by atoms with E-state index in [4.69, 9.17) is 11.6 Å². The van der Waals surface area contributed by atoms with E-state index in [2.05, 4.69) is 10.0 Å². The summed E-state index contributed by atoms with van der Waals surface area (Å²) < 4.78 is 27.7. The SMILES string of the molecule is Cc1ccc(CNC(=O)c2ccccc2NS(=O)(=O)c2ccc(Cl)cc2)cc1. The van der Waals surface area contributed by atoms with Gasteiger partial charge in [-0.3, -0.25) is 9.52 Å². The maximum Gasteiger partial charge on any atom is 0.261 e. The van der Waals surface area contributed by atoms with Crippen LogP contribution in [0.25, 0.3) is 0 Å². The van der Waals surface area contributed by atoms with E-state index >= 15 is 0 Å². The smallest absolute Gasteiger partial charge is 0.261 e. The van der Waals surface area contributed by atoms with Crippen molar-refractivity contribution < 1.29 is 13.2 Å². The van der Waals surface area contributed by atoms with Gasteiger partial charge in [0.1, 0.15) is 0 Å². The Morgan fingerprint density at radius 3 is 2.25 bits per heavy atom. The molecular weight excluding hydrogens is 396 g/mol. The molecule has 5 nitrogen and oxygen atoms in total. The number of para-hydroxylation sites is 1. The number of amides is 1. The fourth-order valence-electron chi connectivity index (χ4n) is 2.57. The van der Waals surface area contributed by atoms with E-state index in [0.717, 1.165) is 11.1 Å². The first-order valence-corrected chi connectivity index (χ1v) is 10.4. The van der Waals surface area contributed by atoms with Crippen molar-refractivity contribution in [1.29, 1.82) is 0 Å². The van der Waals surface area contributed by atoms with Gasteiger partial charge in [-0.05, 0) is 48.9 Å². The predicted molar refractivity (Wildman–Crippen MR) is 111 cm³/mol. The third-order valence-corrected chi connectivity index (χ3v) is 5.75. The van der Waals surface area contributed by atoms with Crippen LogP contribution in [0, 0.1) is 6.92 Å². The molecule has 7 heteroatoms. The molecule has 0 aromatic heterocycles. The molecule has 0 fully saturated rings. The van der Waals surface area contributed by atoms with Gasteiger partial charge in [0.05, 0.1) is 16.1 Å². The summed E-state index contributed by atoms with van der Waals surface area (Å²) in [7, 11) is -3.85. The number of carbonyl (C=O) groups is 1. The minimum Gasteiger partial charge on any atom is -0.348 e. The Labute approximate surface area is 169 Å². The summed E-state index contributed by atoms with van der Waals surface area (Å²) in [6.45, 7) is 2.34. The highest BCUT2D eigenvalue weighted by molar-refractivity contribution is 7.92. The fraction of sp³-hybridized carbons (Fsp3) is 0.0952. The molecule has 28 heavy (non-hydrogen) atoms. The predicted octanol–water partition coefficient (Wildman–Crippen LogP) is 4.38. The van der Waals surface area contributed by atoms with Gasteiger partial charge in [-0.15, -0.1) is 0 Å². The van der Waals surface area contributed by atoms with Gasteiger partial charge in [0.25, 0.3) is 15.9 Å². The molecule has 0 aliphatic heterocycles. The minimum atomic E-state index is -3.85. The number of hydrogen-bond donors (Lipinski definition) is 2. The highest BCUT2D eigenvalue weighted by Gasteiger charge is 2.18. The molecule has 144 valence electrons. The van der Waals surface area contributed by atoms with E-state index in [0.29, 0.717) is 11.6 Å². The molecule has 0 aliphatic rings. The summed E-state index contributed by atoms with van der Waals surface area (Å²) in [6.07, 6.45) is 0. The molecule has 0 saturated carbocycles. The largest absolute Gasteiger partial charge is 0.348 e. The van der Waals surface area contributed by atoms with Crippen LogP contribution in [0.5, 0.6) is 0 Å². The molecule has 3 aromatic rings. The number of sulfonamides is 1. The number of anilines is 1. The average molecular weight is 415 g/mol. The van der Waals surface area contributed by atoms with Crippen molar-refractivity contribution in [3.63, 3.8) is 0 Å². The number of nitrogens with one attached hydrogen (secondary N) is 2. The average Bonchev–Trinajstić information content (AvgIpc) is 2.68. The third-order valence-electron chi connectivity index (χ3n) is 4.11. The quantitative estimate of drug-likeness (QED) is 0.628. The molecule has 0 atom stereocenters. The van der Waals surface area contributed by atoms with Crippen LogP contribution < -0.4 is 10.0 Å². The molecular formula is C21H19ClN2O3S. The molecule has 0 bridgehead atoms. The van der Waals surface area contributed by atoms with E-state index in [1.807, 2.05) is 31.2 Å². The molecule has 1 amide bonds. The van der Waals surface area contributed by atoms with Crippen molar-refractivity contribution in [3.8, 4) is 0 Å². The monoisotopic (exact) mass is 414 g/mol. The highest BCUT2D eigenvalue weighted by atomic mass is 35.5. The molecule has 0 saturated heterocycles. The lowest BCUT2D eigenvalue weighted by atomic mass is 10.1. The van der Waals surface area contributed by atoms with E-state index in [9.17, 15) is 13.2 Å². The summed E-state index contributed by atoms with van der Waals surface area (Å²) in [5.41, 5.74) is 2.54. The minimum absolute atomic E-state index is 0.0618. The number of carbonyl (C=O) groups excluding carboxylic acids is 1. The summed E-state index contributed by atoms with van der Waals surface area (Å²) >= 11 is 5.81. The Balaban J connectivity index is 1.77. The normalized spacial score (nSPS) is 11.1. The zero-order valence-electron chi connectivity index (χ0n) is 15.1. The van der Waals surface area contributed by atoms with Crippen LogP contribution in [0.3, 0.4) is 0 Å². The Kier molecular flexibility index (Phi) is 6.02. The maximum atomic E-state index is 12.6. The third kappa shape index (κ3) is 4.91. The summed E-state index contributed by atoms with van der Waals surface area (Å²) in [5, 5.41) is 3.26. The van der Waals surface area contributed by atoms with E-state index in [-0.39, 0.29) is 22.1 Å². The zero-order valence-corrected chi connectivity index (χ0v) is 16.7. The highest BCUT2D eigenvalue weighted by Crippen LogP contribution is 2.21. The van der Waals surface area contributed by atoms with Gasteiger partial charge < -0.3 is 5.32 Å². The van der Waals surface area contributed by atoms with Crippen molar-refractivity contribution in [2.24, 2.45) is 0 Å². The Morgan fingerprint density at radius 2 is 1.57 bits per heavy atom. The Morgan fingerprint density at radius 1 is 0.929 bits per heavy atom. The van der Waals surface area contributed by atoms with Crippen molar-refractivity contribution in [2.75, 3.05) is 4.72 Å². The van der Waals surface area contributed by atoms with Crippen LogP contribution in [0.2, 0.25) is 5.02 Å². The van der Waals surface area contributed by atoms with Crippen LogP contribution >= 0.6 is 11.6 Å². The summed E-state index contributed by atoms with van der Waals surface area (Å²) in [6, 6.07) is 20.1. The lowest BCUT2D eigenvalue weighted by Gasteiger charge is -2.13. The molecule has 3 rings (SSSR count). The Bertz CT molecular complexity index is 1080. The van der Waals surface area contributed by atoms with Gasteiger partial charge in [0.15, 0.2) is 0 Å². The molecule has 3 aromatic carbocycles. The van der Waals surface area contributed by atoms with Crippen LogP contribution in [-0.4, -0.2) is 14.3 Å². The van der Waals surface area contributed by atoms with Gasteiger partial charge in [0.2, 0.25) is 0 Å². The van der Waals surface area contributed by atoms with Gasteiger partial charge in [0, 0.05) is 11.6 Å². The molecule has 0 heterocycles. The molecule has 0 unspecified atom stereocenters. The second-order valence-electron chi connectivity index (χ2n) is 6.27. The van der Waals surface area contributed by atoms with Gasteiger partial charge in [-0.25, -0.2) is 8.42 Å². The number of aryl methyl sites for hydroxylation is 1. The number of benzene rings is 3. The maximum absolute atomic E-state index is 12.6. The molecule has 0 radical (unpaired) electrons. The van der Waals surface area contributed by atoms with Crippen molar-refractivity contribution in [2.45, 2.75) is 18.4 Å². The second-order valence-corrected chi connectivity index (χ2v) is 8.39. The fourth-order valence-corrected chi connectivity index (χ4v) is 3.78. The van der Waals surface area contributed by atoms with E-state index in [1.165, 1.54) is 24.3 Å². The van der Waals surface area contributed by atoms with Gasteiger partial charge in [-0.2, -0.15) is 0 Å². The second kappa shape index (κ2) is 8.46. The first-order chi connectivity index (χ1) is 13.3. The van der Waals surface area contributed by atoms with Crippen LogP contribution in [0.4, 0.5) is 5.69 Å². The Hall–Kier alpha value is -2.83. The first-order valence-electron chi connectivity index (χ1n) is 8.56. The van der Waals surface area contributed by atoms with Crippen molar-refractivity contribution in [3.05, 3.63) is 94.5 Å².